The number of carbonyl (C=O) groups is 1. The van der Waals surface area contributed by atoms with Gasteiger partial charge in [0.25, 0.3) is 0 Å². The van der Waals surface area contributed by atoms with Gasteiger partial charge in [-0.1, -0.05) is 12.1 Å². The van der Waals surface area contributed by atoms with Crippen molar-refractivity contribution in [2.75, 3.05) is 18.4 Å². The molecule has 0 spiro atoms. The van der Waals surface area contributed by atoms with Crippen molar-refractivity contribution in [3.8, 4) is 0 Å². The Morgan fingerprint density at radius 2 is 2.12 bits per heavy atom. The average Bonchev–Trinajstić information content (AvgIpc) is 2.53. The highest BCUT2D eigenvalue weighted by Crippen LogP contribution is 2.28. The van der Waals surface area contributed by atoms with Crippen molar-refractivity contribution in [3.05, 3.63) is 35.4 Å². The van der Waals surface area contributed by atoms with Crippen LogP contribution in [0.4, 0.5) is 5.69 Å². The van der Waals surface area contributed by atoms with Crippen LogP contribution in [0.5, 0.6) is 0 Å². The van der Waals surface area contributed by atoms with Gasteiger partial charge in [-0.15, -0.1) is 0 Å². The topological polar surface area (TPSA) is 41.1 Å². The Labute approximate surface area is 101 Å². The number of amides is 1. The Hall–Kier alpha value is -1.61. The molecule has 0 bridgehead atoms. The third kappa shape index (κ3) is 2.11. The monoisotopic (exact) mass is 228 g/mol. The van der Waals surface area contributed by atoms with Crippen LogP contribution in [0.3, 0.4) is 0 Å². The molecule has 2 aliphatic heterocycles. The fourth-order valence-corrected chi connectivity index (χ4v) is 2.49. The first kappa shape index (κ1) is 10.5. The molecular weight excluding hydrogens is 212 g/mol. The lowest BCUT2D eigenvalue weighted by Crippen LogP contribution is -2.13. The van der Waals surface area contributed by atoms with Gasteiger partial charge in [0.05, 0.1) is 6.42 Å². The molecule has 2 heterocycles. The molecule has 0 radical (unpaired) electrons. The molecule has 0 saturated heterocycles. The van der Waals surface area contributed by atoms with Crippen LogP contribution < -0.4 is 10.6 Å². The molecule has 2 N–H and O–H groups in total. The van der Waals surface area contributed by atoms with Gasteiger partial charge in [0.2, 0.25) is 5.91 Å². The molecule has 1 aromatic rings. The maximum atomic E-state index is 11.3. The number of rotatable bonds is 1. The predicted octanol–water partition coefficient (Wildman–Crippen LogP) is 1.95. The van der Waals surface area contributed by atoms with Crippen LogP contribution in [-0.4, -0.2) is 19.0 Å². The molecule has 1 amide bonds. The van der Waals surface area contributed by atoms with Crippen LogP contribution in [0.15, 0.2) is 24.3 Å². The quantitative estimate of drug-likeness (QED) is 0.771. The second-order valence-electron chi connectivity index (χ2n) is 4.61. The molecule has 3 rings (SSSR count). The summed E-state index contributed by atoms with van der Waals surface area (Å²) in [5, 5.41) is 6.26. The summed E-state index contributed by atoms with van der Waals surface area (Å²) < 4.78 is 0. The minimum atomic E-state index is 0.105. The summed E-state index contributed by atoms with van der Waals surface area (Å²) in [7, 11) is 0. The summed E-state index contributed by atoms with van der Waals surface area (Å²) in [5.41, 5.74) is 4.78. The first-order valence-electron chi connectivity index (χ1n) is 6.16. The molecule has 3 heteroatoms. The van der Waals surface area contributed by atoms with Gasteiger partial charge < -0.3 is 10.6 Å². The van der Waals surface area contributed by atoms with E-state index in [1.165, 1.54) is 11.1 Å². The number of carbonyl (C=O) groups excluding carboxylic acids is 1. The van der Waals surface area contributed by atoms with Crippen LogP contribution in [0.25, 0.3) is 5.57 Å². The lowest BCUT2D eigenvalue weighted by atomic mass is 9.99. The first-order valence-corrected chi connectivity index (χ1v) is 6.16. The van der Waals surface area contributed by atoms with Gasteiger partial charge in [0, 0.05) is 5.69 Å². The lowest BCUT2D eigenvalue weighted by molar-refractivity contribution is -0.115. The normalized spacial score (nSPS) is 19.3. The van der Waals surface area contributed by atoms with E-state index in [-0.39, 0.29) is 5.91 Å². The molecule has 0 unspecified atom stereocenters. The van der Waals surface area contributed by atoms with Crippen molar-refractivity contribution >= 4 is 17.2 Å². The van der Waals surface area contributed by atoms with E-state index in [0.717, 1.165) is 37.2 Å². The second kappa shape index (κ2) is 4.34. The Bertz CT molecular complexity index is 491. The van der Waals surface area contributed by atoms with Gasteiger partial charge in [-0.05, 0) is 54.8 Å². The van der Waals surface area contributed by atoms with E-state index in [0.29, 0.717) is 6.42 Å². The SMILES string of the molecule is O=C1Cc2cc(C3=CCCNCC3)ccc2N1. The van der Waals surface area contributed by atoms with E-state index in [4.69, 9.17) is 0 Å². The molecule has 0 fully saturated rings. The Morgan fingerprint density at radius 3 is 3.06 bits per heavy atom. The van der Waals surface area contributed by atoms with Crippen molar-refractivity contribution in [1.29, 1.82) is 0 Å². The van der Waals surface area contributed by atoms with Gasteiger partial charge in [-0.3, -0.25) is 4.79 Å². The first-order chi connectivity index (χ1) is 8.33. The summed E-state index contributed by atoms with van der Waals surface area (Å²) in [5.74, 6) is 0.105. The fraction of sp³-hybridized carbons (Fsp3) is 0.357. The maximum Gasteiger partial charge on any atom is 0.228 e. The highest BCUT2D eigenvalue weighted by atomic mass is 16.1. The molecule has 1 aromatic carbocycles. The number of fused-ring (bicyclic) bond motifs is 1. The summed E-state index contributed by atoms with van der Waals surface area (Å²) in [6, 6.07) is 6.29. The highest BCUT2D eigenvalue weighted by molar-refractivity contribution is 5.99. The predicted molar refractivity (Wildman–Crippen MR) is 68.9 cm³/mol. The summed E-state index contributed by atoms with van der Waals surface area (Å²) >= 11 is 0. The van der Waals surface area contributed by atoms with E-state index in [1.807, 2.05) is 6.07 Å². The second-order valence-corrected chi connectivity index (χ2v) is 4.61. The van der Waals surface area contributed by atoms with E-state index in [1.54, 1.807) is 0 Å². The summed E-state index contributed by atoms with van der Waals surface area (Å²) in [6.07, 6.45) is 4.99. The highest BCUT2D eigenvalue weighted by Gasteiger charge is 2.18. The minimum absolute atomic E-state index is 0.105. The van der Waals surface area contributed by atoms with Crippen molar-refractivity contribution in [3.63, 3.8) is 0 Å². The lowest BCUT2D eigenvalue weighted by Gasteiger charge is -2.07. The van der Waals surface area contributed by atoms with Gasteiger partial charge in [-0.25, -0.2) is 0 Å². The van der Waals surface area contributed by atoms with Crippen molar-refractivity contribution in [2.45, 2.75) is 19.3 Å². The Morgan fingerprint density at radius 1 is 1.18 bits per heavy atom. The van der Waals surface area contributed by atoms with Crippen LogP contribution in [0.1, 0.15) is 24.0 Å². The van der Waals surface area contributed by atoms with Crippen LogP contribution >= 0.6 is 0 Å². The van der Waals surface area contributed by atoms with Crippen LogP contribution in [-0.2, 0) is 11.2 Å². The zero-order valence-corrected chi connectivity index (χ0v) is 9.75. The van der Waals surface area contributed by atoms with Crippen molar-refractivity contribution < 1.29 is 4.79 Å². The minimum Gasteiger partial charge on any atom is -0.326 e. The summed E-state index contributed by atoms with van der Waals surface area (Å²) in [4.78, 5) is 11.3. The third-order valence-electron chi connectivity index (χ3n) is 3.38. The summed E-state index contributed by atoms with van der Waals surface area (Å²) in [6.45, 7) is 2.11. The fourth-order valence-electron chi connectivity index (χ4n) is 2.49. The maximum absolute atomic E-state index is 11.3. The van der Waals surface area contributed by atoms with E-state index in [9.17, 15) is 4.79 Å². The molecule has 0 aromatic heterocycles. The van der Waals surface area contributed by atoms with Gasteiger partial charge in [0.1, 0.15) is 0 Å². The zero-order chi connectivity index (χ0) is 11.7. The Kier molecular flexibility index (Phi) is 2.69. The number of nitrogens with one attached hydrogen (secondary N) is 2. The van der Waals surface area contributed by atoms with E-state index < -0.39 is 0 Å². The van der Waals surface area contributed by atoms with Crippen molar-refractivity contribution in [1.82, 2.24) is 5.32 Å². The van der Waals surface area contributed by atoms with Gasteiger partial charge in [0.15, 0.2) is 0 Å². The molecule has 17 heavy (non-hydrogen) atoms. The van der Waals surface area contributed by atoms with Gasteiger partial charge >= 0.3 is 0 Å². The number of anilines is 1. The molecule has 2 aliphatic rings. The van der Waals surface area contributed by atoms with E-state index >= 15 is 0 Å². The van der Waals surface area contributed by atoms with E-state index in [2.05, 4.69) is 28.8 Å². The zero-order valence-electron chi connectivity index (χ0n) is 9.75. The molecule has 0 atom stereocenters. The number of benzene rings is 1. The smallest absolute Gasteiger partial charge is 0.228 e. The molecular formula is C14H16N2O. The average molecular weight is 228 g/mol. The molecule has 0 aliphatic carbocycles. The standard InChI is InChI=1S/C14H16N2O/c17-14-9-12-8-11(3-4-13(12)16-14)10-2-1-6-15-7-5-10/h2-4,8,15H,1,5-7,9H2,(H,16,17). The number of hydrogen-bond donors (Lipinski definition) is 2. The van der Waals surface area contributed by atoms with Gasteiger partial charge in [-0.2, -0.15) is 0 Å². The molecule has 88 valence electrons. The largest absolute Gasteiger partial charge is 0.326 e. The third-order valence-corrected chi connectivity index (χ3v) is 3.38. The van der Waals surface area contributed by atoms with Crippen molar-refractivity contribution in [2.24, 2.45) is 0 Å². The number of hydrogen-bond acceptors (Lipinski definition) is 2. The molecule has 0 saturated carbocycles. The molecule has 3 nitrogen and oxygen atoms in total. The Balaban J connectivity index is 1.91. The van der Waals surface area contributed by atoms with Crippen LogP contribution in [0.2, 0.25) is 0 Å². The van der Waals surface area contributed by atoms with Crippen LogP contribution in [0, 0.1) is 0 Å².